The van der Waals surface area contributed by atoms with Gasteiger partial charge in [0.25, 0.3) is 0 Å². The zero-order chi connectivity index (χ0) is 9.80. The molecule has 0 radical (unpaired) electrons. The van der Waals surface area contributed by atoms with Crippen molar-refractivity contribution < 1.29 is 0 Å². The maximum Gasteiger partial charge on any atom is 0.147 e. The lowest BCUT2D eigenvalue weighted by Gasteiger charge is -2.12. The molecule has 2 N–H and O–H groups in total. The normalized spacial score (nSPS) is 21.1. The molecule has 0 unspecified atom stereocenters. The molecule has 0 aromatic carbocycles. The molecule has 0 spiro atoms. The molecule has 14 heavy (non-hydrogen) atoms. The number of aromatic nitrogens is 2. The minimum atomic E-state index is 0.594. The van der Waals surface area contributed by atoms with Crippen molar-refractivity contribution in [3.05, 3.63) is 18.1 Å². The van der Waals surface area contributed by atoms with Crippen LogP contribution >= 0.6 is 0 Å². The van der Waals surface area contributed by atoms with Gasteiger partial charge >= 0.3 is 0 Å². The van der Waals surface area contributed by atoms with E-state index in [1.165, 1.54) is 12.8 Å². The number of aryl methyl sites for hydroxylation is 1. The van der Waals surface area contributed by atoms with Crippen LogP contribution in [0.1, 0.15) is 18.5 Å². The number of hydrogen-bond acceptors (Lipinski definition) is 4. The van der Waals surface area contributed by atoms with Crippen LogP contribution in [0.25, 0.3) is 0 Å². The van der Waals surface area contributed by atoms with Gasteiger partial charge in [0.2, 0.25) is 0 Å². The van der Waals surface area contributed by atoms with Gasteiger partial charge < -0.3 is 10.6 Å². The molecule has 2 heterocycles. The molecule has 1 atom stereocenters. The summed E-state index contributed by atoms with van der Waals surface area (Å²) in [7, 11) is 0. The molecule has 0 saturated carbocycles. The van der Waals surface area contributed by atoms with E-state index < -0.39 is 0 Å². The maximum absolute atomic E-state index is 4.24. The van der Waals surface area contributed by atoms with Crippen LogP contribution < -0.4 is 10.6 Å². The summed E-state index contributed by atoms with van der Waals surface area (Å²) >= 11 is 0. The summed E-state index contributed by atoms with van der Waals surface area (Å²) in [5.41, 5.74) is 0.963. The van der Waals surface area contributed by atoms with Crippen molar-refractivity contribution in [3.63, 3.8) is 0 Å². The van der Waals surface area contributed by atoms with Crippen molar-refractivity contribution in [2.24, 2.45) is 0 Å². The van der Waals surface area contributed by atoms with E-state index in [2.05, 4.69) is 20.6 Å². The quantitative estimate of drug-likeness (QED) is 0.748. The van der Waals surface area contributed by atoms with E-state index in [9.17, 15) is 0 Å². The van der Waals surface area contributed by atoms with Crippen LogP contribution in [0.15, 0.2) is 12.4 Å². The molecular weight excluding hydrogens is 176 g/mol. The van der Waals surface area contributed by atoms with Gasteiger partial charge in [0, 0.05) is 25.0 Å². The summed E-state index contributed by atoms with van der Waals surface area (Å²) in [6.07, 6.45) is 5.98. The van der Waals surface area contributed by atoms with Crippen molar-refractivity contribution in [3.8, 4) is 0 Å². The van der Waals surface area contributed by atoms with Crippen LogP contribution in [0.2, 0.25) is 0 Å². The average Bonchev–Trinajstić information content (AvgIpc) is 2.69. The molecule has 1 aliphatic rings. The van der Waals surface area contributed by atoms with Gasteiger partial charge in [-0.1, -0.05) is 0 Å². The van der Waals surface area contributed by atoms with Crippen LogP contribution in [-0.4, -0.2) is 29.1 Å². The van der Waals surface area contributed by atoms with Gasteiger partial charge in [0.05, 0.1) is 5.69 Å². The second-order valence-electron chi connectivity index (χ2n) is 3.66. The standard InChI is InChI=1S/C10H16N4/c1-8-10(13-6-5-11-8)14-7-9-3-2-4-12-9/h5-6,9,12H,2-4,7H2,1H3,(H,13,14)/t9-/m1/s1. The molecular formula is C10H16N4. The van der Waals surface area contributed by atoms with E-state index in [1.54, 1.807) is 12.4 Å². The lowest BCUT2D eigenvalue weighted by Crippen LogP contribution is -2.29. The van der Waals surface area contributed by atoms with Crippen molar-refractivity contribution in [1.82, 2.24) is 15.3 Å². The van der Waals surface area contributed by atoms with Crippen LogP contribution in [0.5, 0.6) is 0 Å². The molecule has 0 amide bonds. The van der Waals surface area contributed by atoms with Crippen LogP contribution in [0.3, 0.4) is 0 Å². The van der Waals surface area contributed by atoms with Crippen molar-refractivity contribution in [2.45, 2.75) is 25.8 Å². The van der Waals surface area contributed by atoms with Crippen molar-refractivity contribution in [2.75, 3.05) is 18.4 Å². The van der Waals surface area contributed by atoms with E-state index >= 15 is 0 Å². The monoisotopic (exact) mass is 192 g/mol. The Balaban J connectivity index is 1.88. The van der Waals surface area contributed by atoms with Gasteiger partial charge in [-0.2, -0.15) is 0 Å². The first-order valence-corrected chi connectivity index (χ1v) is 5.11. The fraction of sp³-hybridized carbons (Fsp3) is 0.600. The third-order valence-electron chi connectivity index (χ3n) is 2.56. The average molecular weight is 192 g/mol. The van der Waals surface area contributed by atoms with Gasteiger partial charge in [-0.25, -0.2) is 4.98 Å². The third-order valence-corrected chi connectivity index (χ3v) is 2.56. The number of hydrogen-bond donors (Lipinski definition) is 2. The first kappa shape index (κ1) is 9.40. The second-order valence-corrected chi connectivity index (χ2v) is 3.66. The number of nitrogens with one attached hydrogen (secondary N) is 2. The minimum absolute atomic E-state index is 0.594. The largest absolute Gasteiger partial charge is 0.367 e. The molecule has 1 aromatic rings. The molecule has 1 fully saturated rings. The lowest BCUT2D eigenvalue weighted by atomic mass is 10.2. The fourth-order valence-electron chi connectivity index (χ4n) is 1.73. The summed E-state index contributed by atoms with van der Waals surface area (Å²) in [5.74, 6) is 0.904. The number of anilines is 1. The first-order valence-electron chi connectivity index (χ1n) is 5.11. The Kier molecular flexibility index (Phi) is 2.93. The van der Waals surface area contributed by atoms with Crippen LogP contribution in [0.4, 0.5) is 5.82 Å². The van der Waals surface area contributed by atoms with Crippen molar-refractivity contribution in [1.29, 1.82) is 0 Å². The molecule has 2 rings (SSSR count). The molecule has 1 saturated heterocycles. The predicted molar refractivity (Wildman–Crippen MR) is 56.3 cm³/mol. The van der Waals surface area contributed by atoms with Gasteiger partial charge in [-0.3, -0.25) is 4.98 Å². The van der Waals surface area contributed by atoms with E-state index in [0.717, 1.165) is 24.6 Å². The molecule has 4 heteroatoms. The molecule has 4 nitrogen and oxygen atoms in total. The van der Waals surface area contributed by atoms with Crippen molar-refractivity contribution >= 4 is 5.82 Å². The fourth-order valence-corrected chi connectivity index (χ4v) is 1.73. The molecule has 0 bridgehead atoms. The van der Waals surface area contributed by atoms with Crippen LogP contribution in [0, 0.1) is 6.92 Å². The zero-order valence-electron chi connectivity index (χ0n) is 8.45. The third kappa shape index (κ3) is 2.20. The summed E-state index contributed by atoms with van der Waals surface area (Å²) in [4.78, 5) is 8.42. The first-order chi connectivity index (χ1) is 6.86. The molecule has 0 aliphatic carbocycles. The Hall–Kier alpha value is -1.16. The Morgan fingerprint density at radius 2 is 2.36 bits per heavy atom. The maximum atomic E-state index is 4.24. The van der Waals surface area contributed by atoms with E-state index in [4.69, 9.17) is 0 Å². The minimum Gasteiger partial charge on any atom is -0.367 e. The highest BCUT2D eigenvalue weighted by Crippen LogP contribution is 2.09. The molecule has 1 aromatic heterocycles. The summed E-state index contributed by atoms with van der Waals surface area (Å²) in [6.45, 7) is 4.06. The lowest BCUT2D eigenvalue weighted by molar-refractivity contribution is 0.632. The topological polar surface area (TPSA) is 49.8 Å². The van der Waals surface area contributed by atoms with Gasteiger partial charge in [0.15, 0.2) is 0 Å². The predicted octanol–water partition coefficient (Wildman–Crippen LogP) is 0.949. The number of nitrogens with zero attached hydrogens (tertiary/aromatic N) is 2. The van der Waals surface area contributed by atoms with E-state index in [0.29, 0.717) is 6.04 Å². The summed E-state index contributed by atoms with van der Waals surface area (Å²) in [6, 6.07) is 0.594. The van der Waals surface area contributed by atoms with Gasteiger partial charge in [-0.15, -0.1) is 0 Å². The van der Waals surface area contributed by atoms with Gasteiger partial charge in [0.1, 0.15) is 5.82 Å². The van der Waals surface area contributed by atoms with E-state index in [-0.39, 0.29) is 0 Å². The SMILES string of the molecule is Cc1nccnc1NC[C@H]1CCCN1. The summed E-state index contributed by atoms with van der Waals surface area (Å²) in [5, 5.41) is 6.75. The highest BCUT2D eigenvalue weighted by Gasteiger charge is 2.13. The van der Waals surface area contributed by atoms with Crippen LogP contribution in [-0.2, 0) is 0 Å². The zero-order valence-corrected chi connectivity index (χ0v) is 8.45. The Morgan fingerprint density at radius 1 is 1.50 bits per heavy atom. The van der Waals surface area contributed by atoms with Gasteiger partial charge in [-0.05, 0) is 26.3 Å². The Bertz CT molecular complexity index is 294. The molecule has 76 valence electrons. The Labute approximate surface area is 84.2 Å². The molecule has 1 aliphatic heterocycles. The highest BCUT2D eigenvalue weighted by atomic mass is 15.1. The second kappa shape index (κ2) is 4.37. The highest BCUT2D eigenvalue weighted by molar-refractivity contribution is 5.38. The smallest absolute Gasteiger partial charge is 0.147 e. The summed E-state index contributed by atoms with van der Waals surface area (Å²) < 4.78 is 0. The van der Waals surface area contributed by atoms with E-state index in [1.807, 2.05) is 6.92 Å². The Morgan fingerprint density at radius 3 is 3.07 bits per heavy atom. The number of rotatable bonds is 3.